The maximum absolute atomic E-state index is 5.21. The average molecular weight is 1190 g/mol. The zero-order chi connectivity index (χ0) is 63.3. The minimum absolute atomic E-state index is 0.920. The van der Waals surface area contributed by atoms with Gasteiger partial charge in [-0.1, -0.05) is 238 Å². The molecule has 13 rings (SSSR count). The number of aryl methyl sites for hydroxylation is 1. The van der Waals surface area contributed by atoms with Crippen molar-refractivity contribution in [3.05, 3.63) is 397 Å². The molecule has 0 saturated carbocycles. The second-order valence-electron chi connectivity index (χ2n) is 22.0. The molecule has 0 aliphatic rings. The molecule has 0 unspecified atom stereocenters. The molecule has 0 saturated heterocycles. The molecule has 0 radical (unpaired) electrons. The van der Waals surface area contributed by atoms with Crippen molar-refractivity contribution in [2.75, 3.05) is 19.6 Å². The molecule has 0 amide bonds. The number of anilines is 12. The van der Waals surface area contributed by atoms with Crippen LogP contribution in [0.2, 0.25) is 0 Å². The first-order valence-corrected chi connectivity index (χ1v) is 31.8. The molecule has 0 heterocycles. The third-order valence-corrected chi connectivity index (χ3v) is 16.0. The van der Waals surface area contributed by atoms with Crippen LogP contribution in [0.25, 0.3) is 5.57 Å². The summed E-state index contributed by atoms with van der Waals surface area (Å²) in [5.74, 6) is 0. The molecule has 0 fully saturated rings. The van der Waals surface area contributed by atoms with Crippen molar-refractivity contribution in [1.82, 2.24) is 0 Å². The summed E-state index contributed by atoms with van der Waals surface area (Å²) >= 11 is 0. The zero-order valence-corrected chi connectivity index (χ0v) is 53.1. The first-order valence-electron chi connectivity index (χ1n) is 31.8. The molecule has 13 aromatic carbocycles. The van der Waals surface area contributed by atoms with E-state index in [4.69, 9.17) is 4.99 Å². The van der Waals surface area contributed by atoms with E-state index in [0.29, 0.717) is 0 Å². The Hall–Kier alpha value is -11.5. The number of benzene rings is 13. The predicted octanol–water partition coefficient (Wildman–Crippen LogP) is 25.0. The Balaban J connectivity index is 0.000000184. The van der Waals surface area contributed by atoms with E-state index in [1.54, 1.807) is 0 Å². The van der Waals surface area contributed by atoms with Gasteiger partial charge in [0.25, 0.3) is 0 Å². The van der Waals surface area contributed by atoms with Gasteiger partial charge in [0.05, 0.1) is 11.4 Å². The van der Waals surface area contributed by atoms with E-state index in [9.17, 15) is 0 Å². The Morgan fingerprint density at radius 1 is 0.250 bits per heavy atom. The molecule has 0 aliphatic heterocycles. The van der Waals surface area contributed by atoms with Crippen LogP contribution in [0.5, 0.6) is 0 Å². The number of rotatable bonds is 18. The highest BCUT2D eigenvalue weighted by atomic mass is 15.2. The maximum atomic E-state index is 5.21. The van der Waals surface area contributed by atoms with Crippen molar-refractivity contribution in [3.63, 3.8) is 0 Å². The van der Waals surface area contributed by atoms with Crippen molar-refractivity contribution in [2.24, 2.45) is 4.99 Å². The number of hydrogen-bond acceptors (Lipinski definition) is 5. The monoisotopic (exact) mass is 1190 g/mol. The zero-order valence-electron chi connectivity index (χ0n) is 53.1. The molecular formula is C87H77N5. The molecule has 0 spiro atoms. The first kappa shape index (κ1) is 62.1. The van der Waals surface area contributed by atoms with Crippen LogP contribution in [0.15, 0.2) is 375 Å². The summed E-state index contributed by atoms with van der Waals surface area (Å²) in [7, 11) is 0. The third kappa shape index (κ3) is 15.1. The summed E-state index contributed by atoms with van der Waals surface area (Å²) in [6, 6.07) is 128. The van der Waals surface area contributed by atoms with E-state index >= 15 is 0 Å². The van der Waals surface area contributed by atoms with Crippen LogP contribution in [-0.4, -0.2) is 5.71 Å². The van der Waals surface area contributed by atoms with Crippen molar-refractivity contribution in [3.8, 4) is 0 Å². The van der Waals surface area contributed by atoms with Crippen LogP contribution >= 0.6 is 0 Å². The number of nitrogens with zero attached hydrogens (tertiary/aromatic N) is 5. The normalized spacial score (nSPS) is 10.5. The third-order valence-electron chi connectivity index (χ3n) is 16.0. The van der Waals surface area contributed by atoms with Gasteiger partial charge in [-0.05, 0) is 195 Å². The van der Waals surface area contributed by atoms with Crippen molar-refractivity contribution >= 4 is 85.2 Å². The summed E-state index contributed by atoms with van der Waals surface area (Å²) < 4.78 is 0. The van der Waals surface area contributed by atoms with Gasteiger partial charge >= 0.3 is 0 Å². The van der Waals surface area contributed by atoms with Gasteiger partial charge < -0.3 is 19.6 Å². The fourth-order valence-electron chi connectivity index (χ4n) is 11.4. The molecule has 5 heteroatoms. The van der Waals surface area contributed by atoms with Gasteiger partial charge in [-0.15, -0.1) is 0 Å². The highest BCUT2D eigenvalue weighted by molar-refractivity contribution is 6.14. The van der Waals surface area contributed by atoms with Gasteiger partial charge in [0, 0.05) is 79.4 Å². The minimum atomic E-state index is 0.920. The van der Waals surface area contributed by atoms with Gasteiger partial charge in [0.2, 0.25) is 0 Å². The van der Waals surface area contributed by atoms with Gasteiger partial charge in [-0.3, -0.25) is 0 Å². The van der Waals surface area contributed by atoms with E-state index in [-0.39, 0.29) is 0 Å². The lowest BCUT2D eigenvalue weighted by Crippen LogP contribution is -2.11. The van der Waals surface area contributed by atoms with Gasteiger partial charge in [0.1, 0.15) is 0 Å². The van der Waals surface area contributed by atoms with E-state index in [1.165, 1.54) is 27.8 Å². The summed E-state index contributed by atoms with van der Waals surface area (Å²) in [4.78, 5) is 14.4. The SMILES string of the molecule is CC.CCC(C)=C(c1ccc(N(c2ccccc2)c2ccccc2)cc1)c1ccc(N(c2ccccc2)c2ccccc2)cc1.Cc1ccc(N=C(c2ccc(N(c3ccccc3)c3ccccc3)cc2)c2ccc(N(c3ccccc3)c3ccccc3)cc2)cc1. The predicted molar refractivity (Wildman–Crippen MR) is 394 cm³/mol. The molecule has 5 nitrogen and oxygen atoms in total. The van der Waals surface area contributed by atoms with Crippen LogP contribution in [0.1, 0.15) is 61.9 Å². The van der Waals surface area contributed by atoms with Gasteiger partial charge in [-0.2, -0.15) is 0 Å². The number of hydrogen-bond donors (Lipinski definition) is 0. The summed E-state index contributed by atoms with van der Waals surface area (Å²) in [6.07, 6.45) is 0.985. The van der Waals surface area contributed by atoms with Crippen molar-refractivity contribution in [2.45, 2.75) is 41.0 Å². The second kappa shape index (κ2) is 31.1. The largest absolute Gasteiger partial charge is 0.311 e. The Labute approximate surface area is 545 Å². The lowest BCUT2D eigenvalue weighted by molar-refractivity contribution is 1.10. The Bertz CT molecular complexity index is 3960. The van der Waals surface area contributed by atoms with Gasteiger partial charge in [-0.25, -0.2) is 4.99 Å². The Morgan fingerprint density at radius 3 is 0.652 bits per heavy atom. The van der Waals surface area contributed by atoms with Crippen molar-refractivity contribution in [1.29, 1.82) is 0 Å². The Kier molecular flexibility index (Phi) is 21.0. The number of aliphatic imine (C=N–C) groups is 1. The highest BCUT2D eigenvalue weighted by Gasteiger charge is 2.19. The van der Waals surface area contributed by atoms with E-state index in [2.05, 4.69) is 380 Å². The molecule has 0 atom stereocenters. The molecule has 0 N–H and O–H groups in total. The molecule has 92 heavy (non-hydrogen) atoms. The topological polar surface area (TPSA) is 25.3 Å². The minimum Gasteiger partial charge on any atom is -0.311 e. The lowest BCUT2D eigenvalue weighted by Gasteiger charge is -2.26. The van der Waals surface area contributed by atoms with Crippen LogP contribution in [0.4, 0.5) is 73.9 Å². The fraction of sp³-hybridized carbons (Fsp3) is 0.0690. The molecule has 0 aromatic heterocycles. The lowest BCUT2D eigenvalue weighted by atomic mass is 9.92. The van der Waals surface area contributed by atoms with E-state index < -0.39 is 0 Å². The van der Waals surface area contributed by atoms with Crippen LogP contribution in [0, 0.1) is 6.92 Å². The van der Waals surface area contributed by atoms with Crippen LogP contribution < -0.4 is 19.6 Å². The number of allylic oxidation sites excluding steroid dienone is 1. The van der Waals surface area contributed by atoms with E-state index in [1.807, 2.05) is 38.1 Å². The van der Waals surface area contributed by atoms with Crippen LogP contribution in [0.3, 0.4) is 0 Å². The molecule has 13 aromatic rings. The average Bonchev–Trinajstić information content (AvgIpc) is 0.960. The highest BCUT2D eigenvalue weighted by Crippen LogP contribution is 2.41. The van der Waals surface area contributed by atoms with Crippen molar-refractivity contribution < 1.29 is 0 Å². The first-order chi connectivity index (χ1) is 45.5. The smallest absolute Gasteiger partial charge is 0.0781 e. The number of para-hydroxylation sites is 8. The fourth-order valence-corrected chi connectivity index (χ4v) is 11.4. The quantitative estimate of drug-likeness (QED) is 0.0800. The molecule has 0 aliphatic carbocycles. The summed E-state index contributed by atoms with van der Waals surface area (Å²) in [5.41, 5.74) is 23.7. The molecular weight excluding hydrogens is 1110 g/mol. The standard InChI is InChI=1S/C44H35N3.C41H36N2.C2H6/c1-34-22-28-37(29-23-34)45-44(35-24-30-42(31-25-35)46(38-14-6-2-7-15-38)39-16-8-3-9-17-39)36-26-32-43(33-27-36)47(40-18-10-4-11-19-40)41-20-12-5-13-21-41;1-3-32(2)41(33-24-28-39(29-25-33)42(35-16-8-4-9-17-35)36-18-10-5-11-19-36)34-26-30-40(31-27-34)43(37-20-12-6-13-21-37)38-22-14-7-15-23-38;1-2/h2-33H,1H3;4-31H,3H2,1-2H3;1-2H3. The van der Waals surface area contributed by atoms with Gasteiger partial charge in [0.15, 0.2) is 0 Å². The summed E-state index contributed by atoms with van der Waals surface area (Å²) in [5, 5.41) is 0. The van der Waals surface area contributed by atoms with E-state index in [0.717, 1.165) is 97.2 Å². The van der Waals surface area contributed by atoms with Crippen LogP contribution in [-0.2, 0) is 0 Å². The molecule has 450 valence electrons. The second-order valence-corrected chi connectivity index (χ2v) is 22.0. The Morgan fingerprint density at radius 2 is 0.446 bits per heavy atom. The molecule has 0 bridgehead atoms. The summed E-state index contributed by atoms with van der Waals surface area (Å²) in [6.45, 7) is 10.6. The maximum Gasteiger partial charge on any atom is 0.0781 e.